The first-order valence-electron chi connectivity index (χ1n) is 5.84. The predicted molar refractivity (Wildman–Crippen MR) is 62.6 cm³/mol. The van der Waals surface area contributed by atoms with Crippen molar-refractivity contribution in [2.75, 3.05) is 13.7 Å². The van der Waals surface area contributed by atoms with Crippen molar-refractivity contribution in [3.63, 3.8) is 0 Å². The second-order valence-corrected chi connectivity index (χ2v) is 3.76. The van der Waals surface area contributed by atoms with E-state index >= 15 is 0 Å². The number of hydrogen-bond donors (Lipinski definition) is 0. The number of nitrogens with zero attached hydrogens (tertiary/aromatic N) is 1. The molecule has 0 saturated carbocycles. The number of alkyl halides is 4. The lowest BCUT2D eigenvalue weighted by Gasteiger charge is -2.15. The highest BCUT2D eigenvalue weighted by Gasteiger charge is 2.34. The Hall–Kier alpha value is -2.06. The SMILES string of the molecule is CCOC(=O)Cc1c(OC)cc(CF)nc1OC(F)(F)F. The Bertz CT molecular complexity index is 505. The maximum Gasteiger partial charge on any atom is 0.574 e. The summed E-state index contributed by atoms with van der Waals surface area (Å²) in [6.07, 6.45) is -5.57. The van der Waals surface area contributed by atoms with E-state index in [2.05, 4.69) is 14.5 Å². The first-order chi connectivity index (χ1) is 9.80. The molecule has 1 aromatic heterocycles. The largest absolute Gasteiger partial charge is 0.574 e. The molecule has 0 bridgehead atoms. The molecule has 9 heteroatoms. The van der Waals surface area contributed by atoms with Gasteiger partial charge in [-0.1, -0.05) is 0 Å². The quantitative estimate of drug-likeness (QED) is 0.597. The second-order valence-electron chi connectivity index (χ2n) is 3.76. The summed E-state index contributed by atoms with van der Waals surface area (Å²) in [7, 11) is 1.17. The third kappa shape index (κ3) is 5.09. The van der Waals surface area contributed by atoms with Gasteiger partial charge in [0.1, 0.15) is 12.4 Å². The van der Waals surface area contributed by atoms with Gasteiger partial charge in [0.2, 0.25) is 5.88 Å². The summed E-state index contributed by atoms with van der Waals surface area (Å²) in [4.78, 5) is 14.8. The van der Waals surface area contributed by atoms with E-state index in [1.807, 2.05) is 0 Å². The number of carbonyl (C=O) groups is 1. The highest BCUT2D eigenvalue weighted by Crippen LogP contribution is 2.32. The second kappa shape index (κ2) is 7.09. The van der Waals surface area contributed by atoms with Gasteiger partial charge in [-0.3, -0.25) is 4.79 Å². The highest BCUT2D eigenvalue weighted by molar-refractivity contribution is 5.74. The minimum absolute atomic E-state index is 0.0621. The van der Waals surface area contributed by atoms with E-state index in [1.54, 1.807) is 6.92 Å². The summed E-state index contributed by atoms with van der Waals surface area (Å²) >= 11 is 0. The minimum atomic E-state index is -5.03. The van der Waals surface area contributed by atoms with Crippen LogP contribution in [0.1, 0.15) is 18.2 Å². The zero-order chi connectivity index (χ0) is 16.0. The van der Waals surface area contributed by atoms with Crippen molar-refractivity contribution in [3.8, 4) is 11.6 Å². The molecular formula is C12H13F4NO4. The van der Waals surface area contributed by atoms with Crippen LogP contribution in [0.15, 0.2) is 6.07 Å². The Balaban J connectivity index is 3.24. The first kappa shape index (κ1) is 17.0. The first-order valence-corrected chi connectivity index (χ1v) is 5.84. The molecule has 0 aliphatic carbocycles. The molecule has 0 N–H and O–H groups in total. The molecule has 0 aromatic carbocycles. The van der Waals surface area contributed by atoms with Crippen molar-refractivity contribution >= 4 is 5.97 Å². The molecule has 0 atom stereocenters. The van der Waals surface area contributed by atoms with Gasteiger partial charge >= 0.3 is 12.3 Å². The molecule has 0 aliphatic heterocycles. The van der Waals surface area contributed by atoms with Gasteiger partial charge in [-0.05, 0) is 6.92 Å². The molecule has 1 aromatic rings. The Kier molecular flexibility index (Phi) is 5.74. The number of esters is 1. The van der Waals surface area contributed by atoms with Gasteiger partial charge in [-0.2, -0.15) is 0 Å². The summed E-state index contributed by atoms with van der Waals surface area (Å²) < 4.78 is 63.0. The van der Waals surface area contributed by atoms with Crippen molar-refractivity contribution in [3.05, 3.63) is 17.3 Å². The summed E-state index contributed by atoms with van der Waals surface area (Å²) in [5, 5.41) is 0. The Morgan fingerprint density at radius 2 is 2.05 bits per heavy atom. The average molecular weight is 311 g/mol. The van der Waals surface area contributed by atoms with Gasteiger partial charge in [-0.25, -0.2) is 9.37 Å². The molecule has 0 radical (unpaired) electrons. The normalized spacial score (nSPS) is 11.1. The highest BCUT2D eigenvalue weighted by atomic mass is 19.4. The maximum atomic E-state index is 12.6. The summed E-state index contributed by atoms with van der Waals surface area (Å²) in [5.74, 6) is -1.84. The van der Waals surface area contributed by atoms with Crippen molar-refractivity contribution in [2.45, 2.75) is 26.4 Å². The van der Waals surface area contributed by atoms with Gasteiger partial charge < -0.3 is 14.2 Å². The van der Waals surface area contributed by atoms with E-state index in [0.717, 1.165) is 6.07 Å². The number of ether oxygens (including phenoxy) is 3. The van der Waals surface area contributed by atoms with E-state index in [1.165, 1.54) is 7.11 Å². The zero-order valence-corrected chi connectivity index (χ0v) is 11.3. The van der Waals surface area contributed by atoms with Crippen LogP contribution < -0.4 is 9.47 Å². The van der Waals surface area contributed by atoms with Gasteiger partial charge in [0.25, 0.3) is 0 Å². The number of carbonyl (C=O) groups excluding carboxylic acids is 1. The Morgan fingerprint density at radius 1 is 1.38 bits per heavy atom. The number of aromatic nitrogens is 1. The van der Waals surface area contributed by atoms with Gasteiger partial charge in [0.05, 0.1) is 31.4 Å². The smallest absolute Gasteiger partial charge is 0.496 e. The molecule has 0 saturated heterocycles. The molecule has 5 nitrogen and oxygen atoms in total. The average Bonchev–Trinajstić information content (AvgIpc) is 2.39. The maximum absolute atomic E-state index is 12.6. The van der Waals surface area contributed by atoms with E-state index in [0.29, 0.717) is 0 Å². The number of halogens is 4. The molecule has 0 unspecified atom stereocenters. The lowest BCUT2D eigenvalue weighted by atomic mass is 10.1. The number of methoxy groups -OCH3 is 1. The predicted octanol–water partition coefficient (Wildman–Crippen LogP) is 2.56. The molecular weight excluding hydrogens is 298 g/mol. The standard InChI is InChI=1S/C12H13F4NO4/c1-3-20-10(18)5-8-9(19-2)4-7(6-13)17-11(8)21-12(14,15)16/h4H,3,5-6H2,1-2H3. The van der Waals surface area contributed by atoms with E-state index in [-0.39, 0.29) is 23.6 Å². The fourth-order valence-electron chi connectivity index (χ4n) is 1.54. The molecule has 1 heterocycles. The number of rotatable bonds is 6. The molecule has 21 heavy (non-hydrogen) atoms. The van der Waals surface area contributed by atoms with E-state index < -0.39 is 31.3 Å². The van der Waals surface area contributed by atoms with Crippen molar-refractivity contribution in [1.29, 1.82) is 0 Å². The van der Waals surface area contributed by atoms with Crippen molar-refractivity contribution in [1.82, 2.24) is 4.98 Å². The van der Waals surface area contributed by atoms with Crippen molar-refractivity contribution in [2.24, 2.45) is 0 Å². The molecule has 1 rings (SSSR count). The Labute approximate surface area is 117 Å². The fraction of sp³-hybridized carbons (Fsp3) is 0.500. The minimum Gasteiger partial charge on any atom is -0.496 e. The van der Waals surface area contributed by atoms with Crippen molar-refractivity contribution < 1.29 is 36.6 Å². The third-order valence-corrected chi connectivity index (χ3v) is 2.29. The van der Waals surface area contributed by atoms with Crippen LogP contribution in [0, 0.1) is 0 Å². The molecule has 0 fully saturated rings. The molecule has 0 amide bonds. The third-order valence-electron chi connectivity index (χ3n) is 2.29. The van der Waals surface area contributed by atoms with Crippen LogP contribution in [0.2, 0.25) is 0 Å². The van der Waals surface area contributed by atoms with Crippen LogP contribution in [-0.4, -0.2) is 31.0 Å². The van der Waals surface area contributed by atoms with Gasteiger partial charge in [-0.15, -0.1) is 13.2 Å². The fourth-order valence-corrected chi connectivity index (χ4v) is 1.54. The zero-order valence-electron chi connectivity index (χ0n) is 11.3. The van der Waals surface area contributed by atoms with Crippen LogP contribution in [0.4, 0.5) is 17.6 Å². The van der Waals surface area contributed by atoms with Crippen LogP contribution in [0.3, 0.4) is 0 Å². The van der Waals surface area contributed by atoms with E-state index in [4.69, 9.17) is 4.74 Å². The molecule has 0 aliphatic rings. The summed E-state index contributed by atoms with van der Waals surface area (Å²) in [6.45, 7) is 0.504. The number of pyridine rings is 1. The van der Waals surface area contributed by atoms with Crippen LogP contribution in [0.25, 0.3) is 0 Å². The Morgan fingerprint density at radius 3 is 2.52 bits per heavy atom. The van der Waals surface area contributed by atoms with Gasteiger partial charge in [0.15, 0.2) is 0 Å². The summed E-state index contributed by atoms with van der Waals surface area (Å²) in [6, 6.07) is 1.10. The van der Waals surface area contributed by atoms with Crippen LogP contribution >= 0.6 is 0 Å². The number of hydrogen-bond acceptors (Lipinski definition) is 5. The molecule has 118 valence electrons. The molecule has 0 spiro atoms. The van der Waals surface area contributed by atoms with Crippen LogP contribution in [-0.2, 0) is 22.6 Å². The van der Waals surface area contributed by atoms with Gasteiger partial charge in [0, 0.05) is 6.07 Å². The van der Waals surface area contributed by atoms with Crippen LogP contribution in [0.5, 0.6) is 11.6 Å². The topological polar surface area (TPSA) is 57.7 Å². The summed E-state index contributed by atoms with van der Waals surface area (Å²) in [5.41, 5.74) is -0.566. The monoisotopic (exact) mass is 311 g/mol. The lowest BCUT2D eigenvalue weighted by Crippen LogP contribution is -2.21. The van der Waals surface area contributed by atoms with E-state index in [9.17, 15) is 22.4 Å². The lowest BCUT2D eigenvalue weighted by molar-refractivity contribution is -0.276.